The van der Waals surface area contributed by atoms with Gasteiger partial charge in [0.05, 0.1) is 23.1 Å². The van der Waals surface area contributed by atoms with Crippen molar-refractivity contribution in [2.75, 3.05) is 6.61 Å². The molecule has 8 nitrogen and oxygen atoms in total. The van der Waals surface area contributed by atoms with Gasteiger partial charge in [-0.1, -0.05) is 0 Å². The smallest absolute Gasteiger partial charge is 0.343 e. The first kappa shape index (κ1) is 21.8. The van der Waals surface area contributed by atoms with Crippen LogP contribution >= 0.6 is 0 Å². The second-order valence-electron chi connectivity index (χ2n) is 6.95. The van der Waals surface area contributed by atoms with E-state index in [9.17, 15) is 14.4 Å². The molecule has 2 aromatic heterocycles. The minimum absolute atomic E-state index is 0.0212. The van der Waals surface area contributed by atoms with E-state index in [4.69, 9.17) is 18.6 Å². The van der Waals surface area contributed by atoms with E-state index in [-0.39, 0.29) is 40.3 Å². The molecule has 0 bridgehead atoms. The summed E-state index contributed by atoms with van der Waals surface area (Å²) >= 11 is 0. The highest BCUT2D eigenvalue weighted by atomic mass is 16.5. The molecule has 4 rings (SSSR count). The Labute approximate surface area is 188 Å². The molecule has 0 radical (unpaired) electrons. The number of aryl methyl sites for hydroxylation is 1. The number of carbonyl (C=O) groups excluding carboxylic acids is 2. The van der Waals surface area contributed by atoms with E-state index >= 15 is 0 Å². The molecule has 4 aromatic rings. The molecule has 0 amide bonds. The van der Waals surface area contributed by atoms with Crippen LogP contribution in [0.15, 0.2) is 76.2 Å². The van der Waals surface area contributed by atoms with Crippen LogP contribution in [-0.4, -0.2) is 23.5 Å². The second kappa shape index (κ2) is 9.35. The van der Waals surface area contributed by atoms with Crippen molar-refractivity contribution in [3.8, 4) is 17.2 Å². The summed E-state index contributed by atoms with van der Waals surface area (Å²) in [6.45, 7) is 3.60. The second-order valence-corrected chi connectivity index (χ2v) is 6.95. The minimum Gasteiger partial charge on any atom is -0.462 e. The zero-order valence-electron chi connectivity index (χ0n) is 17.9. The van der Waals surface area contributed by atoms with Gasteiger partial charge in [0.2, 0.25) is 11.2 Å². The SMILES string of the molecule is CCOC(=O)c1ccc(Oc2c(C)oc3cc(OC(=O)c4ccncc4)ccc3c2=O)cc1. The van der Waals surface area contributed by atoms with E-state index in [2.05, 4.69) is 4.98 Å². The number of ether oxygens (including phenoxy) is 3. The molecule has 0 unspecified atom stereocenters. The fraction of sp³-hybridized carbons (Fsp3) is 0.120. The molecule has 0 saturated carbocycles. The maximum atomic E-state index is 13.0. The Kier molecular flexibility index (Phi) is 6.17. The predicted molar refractivity (Wildman–Crippen MR) is 119 cm³/mol. The average molecular weight is 445 g/mol. The zero-order valence-corrected chi connectivity index (χ0v) is 17.9. The van der Waals surface area contributed by atoms with Gasteiger partial charge in [0, 0.05) is 18.5 Å². The van der Waals surface area contributed by atoms with E-state index < -0.39 is 11.9 Å². The van der Waals surface area contributed by atoms with Gasteiger partial charge in [-0.25, -0.2) is 9.59 Å². The third kappa shape index (κ3) is 4.74. The summed E-state index contributed by atoms with van der Waals surface area (Å²) in [6.07, 6.45) is 2.98. The van der Waals surface area contributed by atoms with Gasteiger partial charge >= 0.3 is 11.9 Å². The van der Waals surface area contributed by atoms with Gasteiger partial charge in [0.15, 0.2) is 0 Å². The van der Waals surface area contributed by atoms with Crippen molar-refractivity contribution in [2.24, 2.45) is 0 Å². The molecule has 0 N–H and O–H groups in total. The first-order valence-electron chi connectivity index (χ1n) is 10.1. The molecular formula is C25H19NO7. The van der Waals surface area contributed by atoms with Crippen LogP contribution in [0.25, 0.3) is 11.0 Å². The number of benzene rings is 2. The molecule has 166 valence electrons. The highest BCUT2D eigenvalue weighted by molar-refractivity contribution is 5.91. The molecule has 2 aromatic carbocycles. The Morgan fingerprint density at radius 3 is 2.27 bits per heavy atom. The Morgan fingerprint density at radius 2 is 1.58 bits per heavy atom. The highest BCUT2D eigenvalue weighted by Gasteiger charge is 2.16. The first-order chi connectivity index (χ1) is 16.0. The van der Waals surface area contributed by atoms with Crippen LogP contribution in [-0.2, 0) is 4.74 Å². The Morgan fingerprint density at radius 1 is 0.909 bits per heavy atom. The standard InChI is InChI=1S/C25H19NO7/c1-3-30-24(28)16-4-6-18(7-5-16)32-23-15(2)31-21-14-19(8-9-20(21)22(23)27)33-25(29)17-10-12-26-13-11-17/h4-14H,3H2,1-2H3. The Bertz CT molecular complexity index is 1380. The van der Waals surface area contributed by atoms with Crippen molar-refractivity contribution < 1.29 is 28.2 Å². The third-order valence-electron chi connectivity index (χ3n) is 4.70. The van der Waals surface area contributed by atoms with E-state index in [1.807, 2.05) is 0 Å². The fourth-order valence-corrected chi connectivity index (χ4v) is 3.10. The van der Waals surface area contributed by atoms with Gasteiger partial charge in [-0.15, -0.1) is 0 Å². The van der Waals surface area contributed by atoms with Crippen LogP contribution < -0.4 is 14.9 Å². The molecule has 8 heteroatoms. The summed E-state index contributed by atoms with van der Waals surface area (Å²) in [6, 6.07) is 13.8. The van der Waals surface area contributed by atoms with E-state index in [0.29, 0.717) is 16.9 Å². The van der Waals surface area contributed by atoms with Crippen LogP contribution in [0.3, 0.4) is 0 Å². The number of esters is 2. The van der Waals surface area contributed by atoms with Gasteiger partial charge in [-0.3, -0.25) is 9.78 Å². The lowest BCUT2D eigenvalue weighted by Gasteiger charge is -2.10. The van der Waals surface area contributed by atoms with Gasteiger partial charge in [-0.2, -0.15) is 0 Å². The summed E-state index contributed by atoms with van der Waals surface area (Å²) in [4.78, 5) is 40.9. The predicted octanol–water partition coefficient (Wildman–Crippen LogP) is 4.68. The molecule has 0 spiro atoms. The molecule has 0 saturated heterocycles. The number of rotatable bonds is 6. The van der Waals surface area contributed by atoms with E-state index in [1.54, 1.807) is 38.1 Å². The lowest BCUT2D eigenvalue weighted by atomic mass is 10.2. The number of hydrogen-bond donors (Lipinski definition) is 0. The normalized spacial score (nSPS) is 10.6. The quantitative estimate of drug-likeness (QED) is 0.311. The van der Waals surface area contributed by atoms with E-state index in [0.717, 1.165) is 0 Å². The lowest BCUT2D eigenvalue weighted by molar-refractivity contribution is 0.0526. The number of pyridine rings is 1. The number of aromatic nitrogens is 1. The Hall–Kier alpha value is -4.46. The van der Waals surface area contributed by atoms with Gasteiger partial charge in [-0.05, 0) is 62.4 Å². The molecular weight excluding hydrogens is 426 g/mol. The number of carbonyl (C=O) groups is 2. The van der Waals surface area contributed by atoms with Crippen LogP contribution in [0.2, 0.25) is 0 Å². The van der Waals surface area contributed by atoms with Crippen LogP contribution in [0.5, 0.6) is 17.2 Å². The molecule has 0 atom stereocenters. The van der Waals surface area contributed by atoms with Crippen molar-refractivity contribution in [3.63, 3.8) is 0 Å². The summed E-state index contributed by atoms with van der Waals surface area (Å²) in [5.74, 6) is -0.129. The van der Waals surface area contributed by atoms with Gasteiger partial charge in [0.25, 0.3) is 0 Å². The number of fused-ring (bicyclic) bond motifs is 1. The zero-order chi connectivity index (χ0) is 23.4. The summed E-state index contributed by atoms with van der Waals surface area (Å²) in [5.41, 5.74) is 0.596. The van der Waals surface area contributed by atoms with Crippen LogP contribution in [0.4, 0.5) is 0 Å². The maximum absolute atomic E-state index is 13.0. The van der Waals surface area contributed by atoms with Crippen LogP contribution in [0, 0.1) is 6.92 Å². The minimum atomic E-state index is -0.554. The largest absolute Gasteiger partial charge is 0.462 e. The fourth-order valence-electron chi connectivity index (χ4n) is 3.10. The van der Waals surface area contributed by atoms with Crippen LogP contribution in [0.1, 0.15) is 33.4 Å². The topological polar surface area (TPSA) is 105 Å². The van der Waals surface area contributed by atoms with Crippen molar-refractivity contribution in [3.05, 3.63) is 94.1 Å². The summed E-state index contributed by atoms with van der Waals surface area (Å²) in [5, 5.41) is 0.266. The average Bonchev–Trinajstić information content (AvgIpc) is 2.82. The molecule has 0 aliphatic carbocycles. The Balaban J connectivity index is 1.58. The third-order valence-corrected chi connectivity index (χ3v) is 4.70. The van der Waals surface area contributed by atoms with Gasteiger partial charge < -0.3 is 18.6 Å². The first-order valence-corrected chi connectivity index (χ1v) is 10.1. The lowest BCUT2D eigenvalue weighted by Crippen LogP contribution is -2.10. The van der Waals surface area contributed by atoms with E-state index in [1.165, 1.54) is 42.7 Å². The van der Waals surface area contributed by atoms with Gasteiger partial charge in [0.1, 0.15) is 22.8 Å². The van der Waals surface area contributed by atoms with Crippen molar-refractivity contribution in [2.45, 2.75) is 13.8 Å². The monoisotopic (exact) mass is 445 g/mol. The maximum Gasteiger partial charge on any atom is 0.343 e. The summed E-state index contributed by atoms with van der Waals surface area (Å²) < 4.78 is 21.8. The molecule has 0 aliphatic rings. The molecule has 2 heterocycles. The number of hydrogen-bond acceptors (Lipinski definition) is 8. The van der Waals surface area contributed by atoms with Crippen molar-refractivity contribution in [1.29, 1.82) is 0 Å². The molecule has 0 fully saturated rings. The molecule has 33 heavy (non-hydrogen) atoms. The number of nitrogens with zero attached hydrogens (tertiary/aromatic N) is 1. The highest BCUT2D eigenvalue weighted by Crippen LogP contribution is 2.28. The summed E-state index contributed by atoms with van der Waals surface area (Å²) in [7, 11) is 0. The molecule has 0 aliphatic heterocycles. The van der Waals surface area contributed by atoms with Crippen molar-refractivity contribution in [1.82, 2.24) is 4.98 Å². The van der Waals surface area contributed by atoms with Crippen molar-refractivity contribution >= 4 is 22.9 Å².